The molecule has 1 unspecified atom stereocenters. The van der Waals surface area contributed by atoms with E-state index >= 15 is 0 Å². The second-order valence-corrected chi connectivity index (χ2v) is 5.64. The Hall–Kier alpha value is -0.690. The first-order chi connectivity index (χ1) is 8.66. The van der Waals surface area contributed by atoms with Gasteiger partial charge < -0.3 is 10.6 Å². The van der Waals surface area contributed by atoms with Gasteiger partial charge in [0.05, 0.1) is 5.56 Å². The van der Waals surface area contributed by atoms with Crippen LogP contribution in [0.2, 0.25) is 0 Å². The maximum atomic E-state index is 12.9. The summed E-state index contributed by atoms with van der Waals surface area (Å²) in [4.78, 5) is 12.0. The van der Waals surface area contributed by atoms with Crippen LogP contribution in [0.5, 0.6) is 0 Å². The molecule has 5 heteroatoms. The molecule has 2 rings (SSSR count). The van der Waals surface area contributed by atoms with Crippen molar-refractivity contribution in [2.75, 3.05) is 13.1 Å². The van der Waals surface area contributed by atoms with Crippen molar-refractivity contribution in [1.82, 2.24) is 10.6 Å². The van der Waals surface area contributed by atoms with Gasteiger partial charge in [-0.05, 0) is 60.2 Å². The van der Waals surface area contributed by atoms with Crippen molar-refractivity contribution in [2.45, 2.75) is 25.3 Å². The summed E-state index contributed by atoms with van der Waals surface area (Å²) in [5.74, 6) is -0.448. The largest absolute Gasteiger partial charge is 0.350 e. The van der Waals surface area contributed by atoms with Crippen molar-refractivity contribution in [3.05, 3.63) is 33.1 Å². The van der Waals surface area contributed by atoms with Crippen molar-refractivity contribution < 1.29 is 9.18 Å². The Morgan fingerprint density at radius 3 is 3.00 bits per heavy atom. The second kappa shape index (κ2) is 6.47. The van der Waals surface area contributed by atoms with Gasteiger partial charge in [0.1, 0.15) is 5.82 Å². The zero-order valence-electron chi connectivity index (χ0n) is 10.0. The maximum Gasteiger partial charge on any atom is 0.252 e. The van der Waals surface area contributed by atoms with E-state index < -0.39 is 0 Å². The van der Waals surface area contributed by atoms with Gasteiger partial charge in [-0.15, -0.1) is 0 Å². The predicted molar refractivity (Wildman–Crippen MR) is 77.1 cm³/mol. The average Bonchev–Trinajstić information content (AvgIpc) is 2.37. The van der Waals surface area contributed by atoms with Crippen molar-refractivity contribution in [3.63, 3.8) is 0 Å². The molecule has 0 saturated carbocycles. The molecular weight excluding hydrogens is 346 g/mol. The fourth-order valence-corrected chi connectivity index (χ4v) is 2.81. The molecule has 3 nitrogen and oxygen atoms in total. The summed E-state index contributed by atoms with van der Waals surface area (Å²) in [6, 6.07) is 4.58. The minimum absolute atomic E-state index is 0.133. The first-order valence-electron chi connectivity index (χ1n) is 6.13. The van der Waals surface area contributed by atoms with Gasteiger partial charge >= 0.3 is 0 Å². The van der Waals surface area contributed by atoms with Gasteiger partial charge in [-0.1, -0.05) is 6.42 Å². The van der Waals surface area contributed by atoms with E-state index in [1.807, 2.05) is 22.6 Å². The fourth-order valence-electron chi connectivity index (χ4n) is 2.08. The van der Waals surface area contributed by atoms with Gasteiger partial charge in [-0.25, -0.2) is 4.39 Å². The zero-order chi connectivity index (χ0) is 13.0. The summed E-state index contributed by atoms with van der Waals surface area (Å²) in [6.45, 7) is 1.65. The molecule has 1 atom stereocenters. The lowest BCUT2D eigenvalue weighted by Crippen LogP contribution is -2.43. The van der Waals surface area contributed by atoms with Gasteiger partial charge in [0.25, 0.3) is 5.91 Å². The normalized spacial score (nSPS) is 19.6. The highest BCUT2D eigenvalue weighted by Gasteiger charge is 2.15. The monoisotopic (exact) mass is 362 g/mol. The average molecular weight is 362 g/mol. The van der Waals surface area contributed by atoms with Gasteiger partial charge in [-0.3, -0.25) is 4.79 Å². The van der Waals surface area contributed by atoms with Crippen LogP contribution in [0.25, 0.3) is 0 Å². The van der Waals surface area contributed by atoms with E-state index in [2.05, 4.69) is 10.6 Å². The number of halogens is 2. The number of hydrogen-bond donors (Lipinski definition) is 2. The molecule has 1 fully saturated rings. The molecule has 0 bridgehead atoms. The number of amides is 1. The molecule has 1 heterocycles. The zero-order valence-corrected chi connectivity index (χ0v) is 12.2. The van der Waals surface area contributed by atoms with Crippen LogP contribution in [0.4, 0.5) is 4.39 Å². The highest BCUT2D eigenvalue weighted by molar-refractivity contribution is 14.1. The van der Waals surface area contributed by atoms with Gasteiger partial charge in [0, 0.05) is 16.2 Å². The predicted octanol–water partition coefficient (Wildman–Crippen LogP) is 2.30. The third-order valence-electron chi connectivity index (χ3n) is 3.10. The number of piperidine rings is 1. The van der Waals surface area contributed by atoms with E-state index in [4.69, 9.17) is 0 Å². The molecule has 1 amide bonds. The molecule has 0 aromatic heterocycles. The summed E-state index contributed by atoms with van der Waals surface area (Å²) < 4.78 is 13.6. The molecule has 18 heavy (non-hydrogen) atoms. The van der Waals surface area contributed by atoms with Gasteiger partial charge in [0.2, 0.25) is 0 Å². The minimum Gasteiger partial charge on any atom is -0.350 e. The lowest BCUT2D eigenvalue weighted by Gasteiger charge is -2.23. The van der Waals surface area contributed by atoms with Crippen LogP contribution in [0.15, 0.2) is 18.2 Å². The van der Waals surface area contributed by atoms with Crippen molar-refractivity contribution in [2.24, 2.45) is 0 Å². The number of carbonyl (C=O) groups excluding carboxylic acids is 1. The number of carbonyl (C=O) groups is 1. The quantitative estimate of drug-likeness (QED) is 0.811. The summed E-state index contributed by atoms with van der Waals surface area (Å²) >= 11 is 1.98. The Bertz CT molecular complexity index is 433. The van der Waals surface area contributed by atoms with Crippen LogP contribution in [0.3, 0.4) is 0 Å². The van der Waals surface area contributed by atoms with Gasteiger partial charge in [0.15, 0.2) is 0 Å². The molecule has 1 saturated heterocycles. The Morgan fingerprint density at radius 2 is 2.33 bits per heavy atom. The third-order valence-corrected chi connectivity index (χ3v) is 3.99. The number of benzene rings is 1. The first-order valence-corrected chi connectivity index (χ1v) is 7.21. The molecule has 0 radical (unpaired) electrons. The van der Waals surface area contributed by atoms with E-state index in [1.165, 1.54) is 31.0 Å². The third kappa shape index (κ3) is 3.65. The molecule has 0 aliphatic carbocycles. The highest BCUT2D eigenvalue weighted by atomic mass is 127. The lowest BCUT2D eigenvalue weighted by molar-refractivity contribution is 0.0947. The van der Waals surface area contributed by atoms with Crippen LogP contribution in [0.1, 0.15) is 29.6 Å². The van der Waals surface area contributed by atoms with Crippen LogP contribution in [0, 0.1) is 9.39 Å². The van der Waals surface area contributed by atoms with E-state index in [-0.39, 0.29) is 11.7 Å². The van der Waals surface area contributed by atoms with Crippen molar-refractivity contribution in [3.8, 4) is 0 Å². The minimum atomic E-state index is -0.315. The molecule has 1 aromatic rings. The summed E-state index contributed by atoms with van der Waals surface area (Å²) in [7, 11) is 0. The molecule has 2 N–H and O–H groups in total. The number of nitrogens with one attached hydrogen (secondary N) is 2. The number of hydrogen-bond acceptors (Lipinski definition) is 2. The van der Waals surface area contributed by atoms with Crippen molar-refractivity contribution >= 4 is 28.5 Å². The summed E-state index contributed by atoms with van der Waals surface area (Å²) in [5, 5.41) is 6.27. The van der Waals surface area contributed by atoms with Crippen LogP contribution < -0.4 is 10.6 Å². The molecule has 1 aliphatic heterocycles. The Morgan fingerprint density at radius 1 is 1.50 bits per heavy atom. The Balaban J connectivity index is 1.90. The van der Waals surface area contributed by atoms with Crippen LogP contribution in [-0.4, -0.2) is 25.0 Å². The lowest BCUT2D eigenvalue weighted by atomic mass is 10.1. The maximum absolute atomic E-state index is 12.9. The summed E-state index contributed by atoms with van der Waals surface area (Å²) in [6.07, 6.45) is 3.52. The van der Waals surface area contributed by atoms with E-state index in [0.29, 0.717) is 21.7 Å². The van der Waals surface area contributed by atoms with E-state index in [0.717, 1.165) is 13.0 Å². The number of rotatable bonds is 3. The van der Waals surface area contributed by atoms with E-state index in [1.54, 1.807) is 0 Å². The molecular formula is C13H16FIN2O. The SMILES string of the molecule is O=C(NCC1CCCCN1)c1ccc(F)cc1I. The Kier molecular flexibility index (Phi) is 4.94. The smallest absolute Gasteiger partial charge is 0.252 e. The molecule has 98 valence electrons. The second-order valence-electron chi connectivity index (χ2n) is 4.48. The van der Waals surface area contributed by atoms with Crippen LogP contribution in [-0.2, 0) is 0 Å². The first kappa shape index (κ1) is 13.7. The highest BCUT2D eigenvalue weighted by Crippen LogP contribution is 2.14. The van der Waals surface area contributed by atoms with Crippen LogP contribution >= 0.6 is 22.6 Å². The van der Waals surface area contributed by atoms with Crippen molar-refractivity contribution in [1.29, 1.82) is 0 Å². The summed E-state index contributed by atoms with van der Waals surface area (Å²) in [5.41, 5.74) is 0.535. The standard InChI is InChI=1S/C13H16FIN2O/c14-9-4-5-11(12(15)7-9)13(18)17-8-10-3-1-2-6-16-10/h4-5,7,10,16H,1-3,6,8H2,(H,17,18). The van der Waals surface area contributed by atoms with E-state index in [9.17, 15) is 9.18 Å². The molecule has 0 spiro atoms. The molecule has 1 aromatic carbocycles. The Labute approximate surface area is 120 Å². The fraction of sp³-hybridized carbons (Fsp3) is 0.462. The topological polar surface area (TPSA) is 41.1 Å². The molecule has 1 aliphatic rings. The van der Waals surface area contributed by atoms with Gasteiger partial charge in [-0.2, -0.15) is 0 Å².